The molecule has 0 saturated heterocycles. The van der Waals surface area contributed by atoms with Gasteiger partial charge in [0, 0.05) is 55.7 Å². The van der Waals surface area contributed by atoms with Gasteiger partial charge in [0.05, 0.1) is 28.8 Å². The molecule has 1 N–H and O–H groups in total. The SMILES string of the molecule is CNC(=O)c1c(-c2ccc(C)cc2)oc2cc(N(C)S(C)(=O)=O)c(-c3cc(C4=Cc5c(F)cccc5C4)nn(C)c3=O)cc12. The van der Waals surface area contributed by atoms with Crippen LogP contribution in [0.15, 0.2) is 69.9 Å². The molecule has 9 nitrogen and oxygen atoms in total. The van der Waals surface area contributed by atoms with Gasteiger partial charge in [-0.25, -0.2) is 17.5 Å². The van der Waals surface area contributed by atoms with Crippen molar-refractivity contribution in [3.8, 4) is 22.5 Å². The van der Waals surface area contributed by atoms with Crippen LogP contribution in [-0.4, -0.2) is 44.5 Å². The Bertz CT molecular complexity index is 2200. The van der Waals surface area contributed by atoms with Crippen molar-refractivity contribution in [1.29, 1.82) is 0 Å². The molecule has 5 aromatic rings. The van der Waals surface area contributed by atoms with Crippen LogP contribution in [-0.2, 0) is 23.5 Å². The van der Waals surface area contributed by atoms with Crippen LogP contribution < -0.4 is 15.2 Å². The maximum Gasteiger partial charge on any atom is 0.274 e. The van der Waals surface area contributed by atoms with Crippen LogP contribution in [0.1, 0.15) is 32.7 Å². The number of halogens is 1. The fourth-order valence-corrected chi connectivity index (χ4v) is 6.01. The average molecular weight is 613 g/mol. The number of aryl methyl sites for hydroxylation is 2. The van der Waals surface area contributed by atoms with Crippen molar-refractivity contribution in [2.75, 3.05) is 24.7 Å². The number of hydrogen-bond donors (Lipinski definition) is 1. The molecule has 11 heteroatoms. The number of hydrogen-bond acceptors (Lipinski definition) is 6. The van der Waals surface area contributed by atoms with E-state index >= 15 is 0 Å². The monoisotopic (exact) mass is 612 g/mol. The van der Waals surface area contributed by atoms with E-state index in [1.165, 1.54) is 38.0 Å². The summed E-state index contributed by atoms with van der Waals surface area (Å²) in [6.07, 6.45) is 3.18. The number of furan rings is 1. The van der Waals surface area contributed by atoms with Crippen LogP contribution in [0.25, 0.3) is 45.1 Å². The molecule has 0 bridgehead atoms. The summed E-state index contributed by atoms with van der Waals surface area (Å²) in [5, 5.41) is 7.51. The standard InChI is InChI=1S/C33H29FN4O5S/c1-18-9-11-19(12-10-18)31-30(32(39)35-2)25-15-23(28(17-29(25)43-31)38(4)44(5,41)42)24-16-27(36-37(3)33(24)40)21-13-20-7-6-8-26(34)22(20)14-21/h6-12,14-17H,13H2,1-5H3,(H,35,39). The van der Waals surface area contributed by atoms with E-state index in [0.29, 0.717) is 40.0 Å². The minimum atomic E-state index is -3.79. The van der Waals surface area contributed by atoms with Gasteiger partial charge in [0.2, 0.25) is 10.0 Å². The average Bonchev–Trinajstić information content (AvgIpc) is 3.59. The summed E-state index contributed by atoms with van der Waals surface area (Å²) in [4.78, 5) is 26.9. The van der Waals surface area contributed by atoms with Crippen LogP contribution in [0.5, 0.6) is 0 Å². The zero-order chi connectivity index (χ0) is 31.5. The molecule has 0 unspecified atom stereocenters. The van der Waals surface area contributed by atoms with Gasteiger partial charge < -0.3 is 9.73 Å². The Kier molecular flexibility index (Phi) is 7.00. The lowest BCUT2D eigenvalue weighted by atomic mass is 9.98. The van der Waals surface area contributed by atoms with E-state index in [1.54, 1.807) is 24.3 Å². The molecular weight excluding hydrogens is 583 g/mol. The Hall–Kier alpha value is -5.03. The molecule has 6 rings (SSSR count). The zero-order valence-electron chi connectivity index (χ0n) is 24.7. The number of benzene rings is 3. The summed E-state index contributed by atoms with van der Waals surface area (Å²) in [7, 11) is 0.601. The van der Waals surface area contributed by atoms with Crippen molar-refractivity contribution in [1.82, 2.24) is 15.1 Å². The van der Waals surface area contributed by atoms with E-state index in [-0.39, 0.29) is 33.8 Å². The number of aromatic nitrogens is 2. The maximum atomic E-state index is 14.5. The second-order valence-electron chi connectivity index (χ2n) is 10.9. The van der Waals surface area contributed by atoms with Gasteiger partial charge in [-0.3, -0.25) is 13.9 Å². The second kappa shape index (κ2) is 10.6. The Morgan fingerprint density at radius 1 is 1.09 bits per heavy atom. The normalized spacial score (nSPS) is 12.7. The van der Waals surface area contributed by atoms with Crippen LogP contribution >= 0.6 is 0 Å². The Labute approximate surface area is 253 Å². The lowest BCUT2D eigenvalue weighted by Crippen LogP contribution is -2.27. The quantitative estimate of drug-likeness (QED) is 0.283. The van der Waals surface area contributed by atoms with Crippen LogP contribution in [0, 0.1) is 12.7 Å². The molecule has 0 fully saturated rings. The van der Waals surface area contributed by atoms with Gasteiger partial charge in [-0.2, -0.15) is 5.10 Å². The van der Waals surface area contributed by atoms with Gasteiger partial charge in [-0.15, -0.1) is 0 Å². The van der Waals surface area contributed by atoms with Crippen LogP contribution in [0.3, 0.4) is 0 Å². The number of rotatable bonds is 6. The Morgan fingerprint density at radius 2 is 1.82 bits per heavy atom. The third kappa shape index (κ3) is 4.88. The highest BCUT2D eigenvalue weighted by Crippen LogP contribution is 2.41. The lowest BCUT2D eigenvalue weighted by Gasteiger charge is -2.21. The number of nitrogens with one attached hydrogen (secondary N) is 1. The highest BCUT2D eigenvalue weighted by atomic mass is 32.2. The molecular formula is C33H29FN4O5S. The molecule has 44 heavy (non-hydrogen) atoms. The van der Waals surface area contributed by atoms with E-state index in [9.17, 15) is 22.4 Å². The molecule has 1 aliphatic rings. The Morgan fingerprint density at radius 3 is 2.48 bits per heavy atom. The van der Waals surface area contributed by atoms with Gasteiger partial charge in [0.15, 0.2) is 0 Å². The number of fused-ring (bicyclic) bond motifs is 2. The van der Waals surface area contributed by atoms with Gasteiger partial charge in [0.25, 0.3) is 11.5 Å². The van der Waals surface area contributed by atoms with Gasteiger partial charge in [0.1, 0.15) is 17.2 Å². The molecule has 0 saturated carbocycles. The largest absolute Gasteiger partial charge is 0.455 e. The summed E-state index contributed by atoms with van der Waals surface area (Å²) >= 11 is 0. The molecule has 1 amide bonds. The lowest BCUT2D eigenvalue weighted by molar-refractivity contribution is 0.0964. The number of amides is 1. The van der Waals surface area contributed by atoms with Crippen molar-refractivity contribution in [3.05, 3.63) is 105 Å². The van der Waals surface area contributed by atoms with E-state index in [4.69, 9.17) is 4.42 Å². The van der Waals surface area contributed by atoms with E-state index in [2.05, 4.69) is 10.4 Å². The zero-order valence-corrected chi connectivity index (χ0v) is 25.5. The summed E-state index contributed by atoms with van der Waals surface area (Å²) in [5.41, 5.74) is 4.72. The number of carbonyl (C=O) groups excluding carboxylic acids is 1. The highest BCUT2D eigenvalue weighted by molar-refractivity contribution is 7.92. The molecule has 0 aliphatic heterocycles. The summed E-state index contributed by atoms with van der Waals surface area (Å²) in [6.45, 7) is 1.95. The highest BCUT2D eigenvalue weighted by Gasteiger charge is 2.28. The van der Waals surface area contributed by atoms with Gasteiger partial charge >= 0.3 is 0 Å². The fraction of sp³-hybridized carbons (Fsp3) is 0.182. The van der Waals surface area contributed by atoms with Crippen molar-refractivity contribution in [2.24, 2.45) is 7.05 Å². The van der Waals surface area contributed by atoms with Crippen molar-refractivity contribution in [2.45, 2.75) is 13.3 Å². The number of carbonyl (C=O) groups is 1. The third-order valence-corrected chi connectivity index (χ3v) is 9.13. The summed E-state index contributed by atoms with van der Waals surface area (Å²) < 4.78 is 48.6. The molecule has 224 valence electrons. The maximum absolute atomic E-state index is 14.5. The summed E-state index contributed by atoms with van der Waals surface area (Å²) in [5.74, 6) is -0.450. The van der Waals surface area contributed by atoms with Crippen LogP contribution in [0.4, 0.5) is 10.1 Å². The Balaban J connectivity index is 1.64. The predicted molar refractivity (Wildman–Crippen MR) is 169 cm³/mol. The first-order valence-corrected chi connectivity index (χ1v) is 15.6. The van der Waals surface area contributed by atoms with Gasteiger partial charge in [-0.1, -0.05) is 42.0 Å². The van der Waals surface area contributed by atoms with Crippen molar-refractivity contribution >= 4 is 44.2 Å². The van der Waals surface area contributed by atoms with E-state index in [0.717, 1.165) is 21.7 Å². The number of sulfonamides is 1. The molecule has 0 spiro atoms. The smallest absolute Gasteiger partial charge is 0.274 e. The number of nitrogens with zero attached hydrogens (tertiary/aromatic N) is 3. The minimum absolute atomic E-state index is 0.156. The van der Waals surface area contributed by atoms with E-state index < -0.39 is 21.5 Å². The molecule has 1 aliphatic carbocycles. The van der Waals surface area contributed by atoms with Crippen molar-refractivity contribution < 1.29 is 22.0 Å². The van der Waals surface area contributed by atoms with E-state index in [1.807, 2.05) is 37.3 Å². The van der Waals surface area contributed by atoms with Crippen molar-refractivity contribution in [3.63, 3.8) is 0 Å². The molecule has 0 radical (unpaired) electrons. The third-order valence-electron chi connectivity index (χ3n) is 7.94. The van der Waals surface area contributed by atoms with Gasteiger partial charge in [-0.05, 0) is 42.3 Å². The second-order valence-corrected chi connectivity index (χ2v) is 12.9. The fourth-order valence-electron chi connectivity index (χ4n) is 5.50. The predicted octanol–water partition coefficient (Wildman–Crippen LogP) is 5.16. The first kappa shape index (κ1) is 29.1. The topological polar surface area (TPSA) is 115 Å². The number of anilines is 1. The summed E-state index contributed by atoms with van der Waals surface area (Å²) in [6, 6.07) is 17.1. The molecule has 0 atom stereocenters. The molecule has 3 aromatic carbocycles. The minimum Gasteiger partial charge on any atom is -0.455 e. The molecule has 2 aromatic heterocycles. The van der Waals surface area contributed by atoms with Crippen LogP contribution in [0.2, 0.25) is 0 Å². The first-order chi connectivity index (χ1) is 20.9. The first-order valence-electron chi connectivity index (χ1n) is 13.8. The number of allylic oxidation sites excluding steroid dienone is 1. The molecule has 2 heterocycles.